The van der Waals surface area contributed by atoms with Crippen molar-refractivity contribution in [1.82, 2.24) is 20.2 Å². The Bertz CT molecular complexity index is 694. The molecule has 1 amide bonds. The van der Waals surface area contributed by atoms with E-state index >= 15 is 0 Å². The minimum absolute atomic E-state index is 0.164. The number of nitrogens with two attached hydrogens (primary N) is 1. The highest BCUT2D eigenvalue weighted by atomic mass is 16.1. The fraction of sp³-hybridized carbons (Fsp3) is 0.353. The van der Waals surface area contributed by atoms with Crippen molar-refractivity contribution in [2.45, 2.75) is 6.54 Å². The number of aromatic nitrogens is 2. The molecule has 1 aliphatic rings. The molecule has 0 bridgehead atoms. The van der Waals surface area contributed by atoms with E-state index in [1.807, 2.05) is 18.2 Å². The monoisotopic (exact) mass is 326 g/mol. The van der Waals surface area contributed by atoms with E-state index in [4.69, 9.17) is 5.73 Å². The molecule has 0 radical (unpaired) electrons. The number of carbonyl (C=O) groups is 1. The molecule has 2 aromatic heterocycles. The number of hydrogen-bond donors (Lipinski definition) is 2. The van der Waals surface area contributed by atoms with E-state index in [2.05, 4.69) is 25.1 Å². The molecule has 126 valence electrons. The van der Waals surface area contributed by atoms with Gasteiger partial charge in [0.15, 0.2) is 0 Å². The summed E-state index contributed by atoms with van der Waals surface area (Å²) in [6.07, 6.45) is 3.52. The zero-order valence-corrected chi connectivity index (χ0v) is 13.8. The number of rotatable bonds is 4. The van der Waals surface area contributed by atoms with Crippen molar-refractivity contribution in [3.8, 4) is 0 Å². The van der Waals surface area contributed by atoms with Crippen LogP contribution in [0.15, 0.2) is 36.7 Å². The van der Waals surface area contributed by atoms with Crippen LogP contribution >= 0.6 is 0 Å². The molecular weight excluding hydrogens is 304 g/mol. The van der Waals surface area contributed by atoms with Gasteiger partial charge in [-0.15, -0.1) is 0 Å². The van der Waals surface area contributed by atoms with Gasteiger partial charge < -0.3 is 16.0 Å². The normalized spacial score (nSPS) is 15.3. The van der Waals surface area contributed by atoms with Gasteiger partial charge in [0.25, 0.3) is 5.91 Å². The summed E-state index contributed by atoms with van der Waals surface area (Å²) in [5, 5.41) is 2.58. The Balaban J connectivity index is 1.56. The molecule has 1 saturated heterocycles. The summed E-state index contributed by atoms with van der Waals surface area (Å²) >= 11 is 0. The number of nitrogen functional groups attached to an aromatic ring is 1. The van der Waals surface area contributed by atoms with Crippen molar-refractivity contribution in [2.24, 2.45) is 0 Å². The summed E-state index contributed by atoms with van der Waals surface area (Å²) in [6, 6.07) is 7.65. The van der Waals surface area contributed by atoms with E-state index < -0.39 is 0 Å². The van der Waals surface area contributed by atoms with Crippen molar-refractivity contribution >= 4 is 17.4 Å². The predicted octanol–water partition coefficient (Wildman–Crippen LogP) is 0.741. The third-order valence-electron chi connectivity index (χ3n) is 4.20. The second kappa shape index (κ2) is 7.27. The van der Waals surface area contributed by atoms with Crippen molar-refractivity contribution in [1.29, 1.82) is 0 Å². The Labute approximate surface area is 141 Å². The molecule has 0 aromatic carbocycles. The SMILES string of the molecule is CNC(=O)c1ccc(N2CCN(Cc3ccnc(N)c3)CC2)cn1. The van der Waals surface area contributed by atoms with Crippen LogP contribution in [0, 0.1) is 0 Å². The molecule has 2 aromatic rings. The first-order chi connectivity index (χ1) is 11.7. The highest BCUT2D eigenvalue weighted by molar-refractivity contribution is 5.92. The van der Waals surface area contributed by atoms with Crippen LogP contribution in [0.3, 0.4) is 0 Å². The van der Waals surface area contributed by atoms with Gasteiger partial charge in [-0.05, 0) is 29.8 Å². The van der Waals surface area contributed by atoms with Gasteiger partial charge in [0.1, 0.15) is 11.5 Å². The van der Waals surface area contributed by atoms with Gasteiger partial charge in [-0.25, -0.2) is 9.97 Å². The Morgan fingerprint density at radius 3 is 2.62 bits per heavy atom. The van der Waals surface area contributed by atoms with Gasteiger partial charge in [-0.3, -0.25) is 9.69 Å². The van der Waals surface area contributed by atoms with E-state index in [9.17, 15) is 4.79 Å². The minimum atomic E-state index is -0.164. The standard InChI is InChI=1S/C17H22N6O/c1-19-17(24)15-3-2-14(11-21-15)23-8-6-22(7-9-23)12-13-4-5-20-16(18)10-13/h2-5,10-11H,6-9,12H2,1H3,(H2,18,20)(H,19,24). The van der Waals surface area contributed by atoms with Gasteiger partial charge >= 0.3 is 0 Å². The maximum absolute atomic E-state index is 11.5. The van der Waals surface area contributed by atoms with E-state index in [0.29, 0.717) is 11.5 Å². The third-order valence-corrected chi connectivity index (χ3v) is 4.20. The van der Waals surface area contributed by atoms with Crippen LogP contribution in [0.4, 0.5) is 11.5 Å². The maximum Gasteiger partial charge on any atom is 0.269 e. The molecule has 1 fully saturated rings. The number of carbonyl (C=O) groups excluding carboxylic acids is 1. The van der Waals surface area contributed by atoms with Gasteiger partial charge in [0.2, 0.25) is 0 Å². The van der Waals surface area contributed by atoms with Gasteiger partial charge in [-0.2, -0.15) is 0 Å². The summed E-state index contributed by atoms with van der Waals surface area (Å²) in [5.74, 6) is 0.399. The summed E-state index contributed by atoms with van der Waals surface area (Å²) in [6.45, 7) is 4.69. The summed E-state index contributed by atoms with van der Waals surface area (Å²) < 4.78 is 0. The van der Waals surface area contributed by atoms with E-state index in [-0.39, 0.29) is 5.91 Å². The first-order valence-corrected chi connectivity index (χ1v) is 8.01. The highest BCUT2D eigenvalue weighted by Crippen LogP contribution is 2.17. The Kier molecular flexibility index (Phi) is 4.90. The first kappa shape index (κ1) is 16.2. The molecule has 3 N–H and O–H groups in total. The molecule has 0 atom stereocenters. The average Bonchev–Trinajstić information content (AvgIpc) is 2.62. The zero-order chi connectivity index (χ0) is 16.9. The Morgan fingerprint density at radius 1 is 1.21 bits per heavy atom. The van der Waals surface area contributed by atoms with Crippen LogP contribution < -0.4 is 16.0 Å². The molecule has 0 unspecified atom stereocenters. The molecule has 1 aliphatic heterocycles. The molecular formula is C17H22N6O. The van der Waals surface area contributed by atoms with Crippen molar-refractivity contribution in [2.75, 3.05) is 43.9 Å². The first-order valence-electron chi connectivity index (χ1n) is 8.01. The third kappa shape index (κ3) is 3.80. The lowest BCUT2D eigenvalue weighted by Gasteiger charge is -2.36. The number of anilines is 2. The topological polar surface area (TPSA) is 87.4 Å². The van der Waals surface area contributed by atoms with Crippen molar-refractivity contribution in [3.63, 3.8) is 0 Å². The molecule has 7 heteroatoms. The molecule has 0 spiro atoms. The molecule has 0 saturated carbocycles. The molecule has 7 nitrogen and oxygen atoms in total. The number of nitrogens with zero attached hydrogens (tertiary/aromatic N) is 4. The Hall–Kier alpha value is -2.67. The fourth-order valence-electron chi connectivity index (χ4n) is 2.85. The van der Waals surface area contributed by atoms with E-state index in [0.717, 1.165) is 38.4 Å². The van der Waals surface area contributed by atoms with Crippen LogP contribution in [0.25, 0.3) is 0 Å². The largest absolute Gasteiger partial charge is 0.384 e. The second-order valence-electron chi connectivity index (χ2n) is 5.83. The number of hydrogen-bond acceptors (Lipinski definition) is 6. The maximum atomic E-state index is 11.5. The van der Waals surface area contributed by atoms with Crippen LogP contribution in [0.2, 0.25) is 0 Å². The fourth-order valence-corrected chi connectivity index (χ4v) is 2.85. The highest BCUT2D eigenvalue weighted by Gasteiger charge is 2.18. The number of piperazine rings is 1. The second-order valence-corrected chi connectivity index (χ2v) is 5.83. The zero-order valence-electron chi connectivity index (χ0n) is 13.8. The van der Waals surface area contributed by atoms with Gasteiger partial charge in [0.05, 0.1) is 11.9 Å². The summed E-state index contributed by atoms with van der Waals surface area (Å²) in [4.78, 5) is 24.5. The lowest BCUT2D eigenvalue weighted by atomic mass is 10.2. The number of nitrogens with one attached hydrogen (secondary N) is 1. The predicted molar refractivity (Wildman–Crippen MR) is 93.8 cm³/mol. The van der Waals surface area contributed by atoms with Crippen LogP contribution in [0.5, 0.6) is 0 Å². The van der Waals surface area contributed by atoms with E-state index in [1.165, 1.54) is 5.56 Å². The van der Waals surface area contributed by atoms with Gasteiger partial charge in [0, 0.05) is 46.0 Å². The van der Waals surface area contributed by atoms with Crippen molar-refractivity contribution < 1.29 is 4.79 Å². The average molecular weight is 326 g/mol. The summed E-state index contributed by atoms with van der Waals surface area (Å²) in [7, 11) is 1.60. The molecule has 3 heterocycles. The summed E-state index contributed by atoms with van der Waals surface area (Å²) in [5.41, 5.74) is 8.41. The molecule has 0 aliphatic carbocycles. The minimum Gasteiger partial charge on any atom is -0.384 e. The van der Waals surface area contributed by atoms with Crippen molar-refractivity contribution in [3.05, 3.63) is 47.9 Å². The lowest BCUT2D eigenvalue weighted by Crippen LogP contribution is -2.46. The van der Waals surface area contributed by atoms with E-state index in [1.54, 1.807) is 25.5 Å². The Morgan fingerprint density at radius 2 is 2.00 bits per heavy atom. The molecule has 24 heavy (non-hydrogen) atoms. The van der Waals surface area contributed by atoms with Crippen LogP contribution in [-0.2, 0) is 6.54 Å². The van der Waals surface area contributed by atoms with Gasteiger partial charge in [-0.1, -0.05) is 0 Å². The van der Waals surface area contributed by atoms with Crippen LogP contribution in [-0.4, -0.2) is 54.0 Å². The number of amides is 1. The smallest absolute Gasteiger partial charge is 0.269 e. The lowest BCUT2D eigenvalue weighted by molar-refractivity contribution is 0.0958. The van der Waals surface area contributed by atoms with Crippen LogP contribution in [0.1, 0.15) is 16.1 Å². The quantitative estimate of drug-likeness (QED) is 0.862. The molecule has 3 rings (SSSR count). The number of pyridine rings is 2.